The van der Waals surface area contributed by atoms with E-state index in [4.69, 9.17) is 5.11 Å². The van der Waals surface area contributed by atoms with Gasteiger partial charge in [-0.2, -0.15) is 0 Å². The predicted molar refractivity (Wildman–Crippen MR) is 63.7 cm³/mol. The second kappa shape index (κ2) is 4.00. The lowest BCUT2D eigenvalue weighted by Crippen LogP contribution is -2.03. The summed E-state index contributed by atoms with van der Waals surface area (Å²) < 4.78 is 2.11. The van der Waals surface area contributed by atoms with Gasteiger partial charge in [0.1, 0.15) is 0 Å². The first kappa shape index (κ1) is 10.7. The maximum atomic E-state index is 10.8. The number of carboxylic acids is 1. The molecule has 0 aliphatic heterocycles. The number of hydrogen-bond acceptors (Lipinski definition) is 1. The molecule has 0 aliphatic carbocycles. The van der Waals surface area contributed by atoms with Gasteiger partial charge in [-0.1, -0.05) is 18.2 Å². The highest BCUT2D eigenvalue weighted by molar-refractivity contribution is 5.89. The van der Waals surface area contributed by atoms with Crippen LogP contribution in [0.25, 0.3) is 10.9 Å². The van der Waals surface area contributed by atoms with Crippen LogP contribution >= 0.6 is 0 Å². The summed E-state index contributed by atoms with van der Waals surface area (Å²) >= 11 is 0. The molecule has 0 fully saturated rings. The number of carboxylic acid groups (broad SMARTS) is 1. The number of aryl methyl sites for hydroxylation is 2. The third kappa shape index (κ3) is 1.69. The molecular weight excluding hydrogens is 202 g/mol. The molecule has 2 rings (SSSR count). The molecule has 0 atom stereocenters. The van der Waals surface area contributed by atoms with E-state index in [9.17, 15) is 4.79 Å². The number of para-hydroxylation sites is 1. The van der Waals surface area contributed by atoms with Gasteiger partial charge >= 0.3 is 5.97 Å². The van der Waals surface area contributed by atoms with Crippen LogP contribution in [0.5, 0.6) is 0 Å². The van der Waals surface area contributed by atoms with Gasteiger partial charge in [0.25, 0.3) is 0 Å². The van der Waals surface area contributed by atoms with Crippen molar-refractivity contribution in [3.05, 3.63) is 35.5 Å². The van der Waals surface area contributed by atoms with Gasteiger partial charge in [-0.25, -0.2) is 0 Å². The van der Waals surface area contributed by atoms with Crippen LogP contribution < -0.4 is 0 Å². The molecule has 16 heavy (non-hydrogen) atoms. The van der Waals surface area contributed by atoms with Crippen molar-refractivity contribution >= 4 is 16.9 Å². The Bertz CT molecular complexity index is 540. The van der Waals surface area contributed by atoms with E-state index in [2.05, 4.69) is 24.6 Å². The Morgan fingerprint density at radius 1 is 1.44 bits per heavy atom. The van der Waals surface area contributed by atoms with Crippen LogP contribution in [0, 0.1) is 6.92 Å². The molecule has 0 saturated carbocycles. The largest absolute Gasteiger partial charge is 0.481 e. The molecule has 0 saturated heterocycles. The van der Waals surface area contributed by atoms with E-state index < -0.39 is 5.97 Å². The van der Waals surface area contributed by atoms with Gasteiger partial charge in [0.2, 0.25) is 0 Å². The monoisotopic (exact) mass is 217 g/mol. The quantitative estimate of drug-likeness (QED) is 0.858. The summed E-state index contributed by atoms with van der Waals surface area (Å²) in [6, 6.07) is 5.86. The number of nitrogens with zero attached hydrogens (tertiary/aromatic N) is 1. The second-order valence-electron chi connectivity index (χ2n) is 3.98. The van der Waals surface area contributed by atoms with Gasteiger partial charge in [-0.15, -0.1) is 0 Å². The fourth-order valence-corrected chi connectivity index (χ4v) is 2.17. The number of hydrogen-bond donors (Lipinski definition) is 1. The molecule has 3 heteroatoms. The van der Waals surface area contributed by atoms with Crippen LogP contribution in [0.4, 0.5) is 0 Å². The molecule has 1 aromatic carbocycles. The first-order valence-corrected chi connectivity index (χ1v) is 5.42. The summed E-state index contributed by atoms with van der Waals surface area (Å²) in [7, 11) is 0. The van der Waals surface area contributed by atoms with Crippen molar-refractivity contribution in [3.8, 4) is 0 Å². The van der Waals surface area contributed by atoms with E-state index in [1.807, 2.05) is 18.2 Å². The van der Waals surface area contributed by atoms with Gasteiger partial charge in [0.15, 0.2) is 0 Å². The molecule has 0 amide bonds. The maximum absolute atomic E-state index is 10.8. The van der Waals surface area contributed by atoms with Crippen molar-refractivity contribution in [2.24, 2.45) is 0 Å². The molecule has 1 aromatic heterocycles. The van der Waals surface area contributed by atoms with Crippen LogP contribution in [0.15, 0.2) is 24.4 Å². The number of benzene rings is 1. The Labute approximate surface area is 94.3 Å². The lowest BCUT2D eigenvalue weighted by atomic mass is 10.1. The van der Waals surface area contributed by atoms with Crippen molar-refractivity contribution in [1.29, 1.82) is 0 Å². The fourth-order valence-electron chi connectivity index (χ4n) is 2.17. The Morgan fingerprint density at radius 2 is 2.19 bits per heavy atom. The molecular formula is C13H15NO2. The Kier molecular flexibility index (Phi) is 2.69. The van der Waals surface area contributed by atoms with E-state index in [1.54, 1.807) is 0 Å². The summed E-state index contributed by atoms with van der Waals surface area (Å²) in [6.07, 6.45) is 2.16. The predicted octanol–water partition coefficient (Wildman–Crippen LogP) is 2.60. The highest BCUT2D eigenvalue weighted by Crippen LogP contribution is 2.24. The van der Waals surface area contributed by atoms with E-state index in [0.717, 1.165) is 23.0 Å². The molecule has 0 aliphatic rings. The van der Waals surface area contributed by atoms with Crippen LogP contribution in [-0.2, 0) is 17.8 Å². The average molecular weight is 217 g/mol. The van der Waals surface area contributed by atoms with E-state index in [-0.39, 0.29) is 6.42 Å². The van der Waals surface area contributed by atoms with Crippen molar-refractivity contribution in [3.63, 3.8) is 0 Å². The molecule has 1 N–H and O–H groups in total. The molecule has 0 radical (unpaired) electrons. The van der Waals surface area contributed by atoms with Crippen molar-refractivity contribution < 1.29 is 9.90 Å². The number of carbonyl (C=O) groups is 1. The van der Waals surface area contributed by atoms with Crippen LogP contribution in [0.2, 0.25) is 0 Å². The minimum Gasteiger partial charge on any atom is -0.481 e. The Balaban J connectivity index is 2.69. The third-order valence-corrected chi connectivity index (χ3v) is 2.86. The van der Waals surface area contributed by atoms with Crippen molar-refractivity contribution in [2.75, 3.05) is 0 Å². The highest BCUT2D eigenvalue weighted by atomic mass is 16.4. The summed E-state index contributed by atoms with van der Waals surface area (Å²) in [5.41, 5.74) is 3.15. The smallest absolute Gasteiger partial charge is 0.307 e. The van der Waals surface area contributed by atoms with E-state index in [1.165, 1.54) is 5.56 Å². The molecule has 2 aromatic rings. The average Bonchev–Trinajstić information content (AvgIpc) is 2.56. The summed E-state index contributed by atoms with van der Waals surface area (Å²) in [5.74, 6) is -0.783. The van der Waals surface area contributed by atoms with Crippen LogP contribution in [-0.4, -0.2) is 15.6 Å². The number of aliphatic carboxylic acids is 1. The topological polar surface area (TPSA) is 42.2 Å². The van der Waals surface area contributed by atoms with Gasteiger partial charge < -0.3 is 9.67 Å². The summed E-state index contributed by atoms with van der Waals surface area (Å²) in [6.45, 7) is 4.98. The normalized spacial score (nSPS) is 10.9. The molecule has 0 unspecified atom stereocenters. The highest BCUT2D eigenvalue weighted by Gasteiger charge is 2.10. The molecule has 3 nitrogen and oxygen atoms in total. The van der Waals surface area contributed by atoms with Gasteiger partial charge in [0, 0.05) is 18.1 Å². The van der Waals surface area contributed by atoms with Gasteiger partial charge in [-0.05, 0) is 25.0 Å². The lowest BCUT2D eigenvalue weighted by molar-refractivity contribution is -0.136. The number of fused-ring (bicyclic) bond motifs is 1. The first-order valence-electron chi connectivity index (χ1n) is 5.42. The van der Waals surface area contributed by atoms with Gasteiger partial charge in [0.05, 0.1) is 11.9 Å². The second-order valence-corrected chi connectivity index (χ2v) is 3.98. The molecule has 1 heterocycles. The Hall–Kier alpha value is -1.77. The zero-order chi connectivity index (χ0) is 11.7. The van der Waals surface area contributed by atoms with Gasteiger partial charge in [-0.3, -0.25) is 4.79 Å². The zero-order valence-electron chi connectivity index (χ0n) is 9.53. The van der Waals surface area contributed by atoms with Crippen LogP contribution in [0.3, 0.4) is 0 Å². The van der Waals surface area contributed by atoms with E-state index in [0.29, 0.717) is 0 Å². The molecule has 84 valence electrons. The zero-order valence-corrected chi connectivity index (χ0v) is 9.53. The number of rotatable bonds is 3. The molecule has 0 bridgehead atoms. The first-order chi connectivity index (χ1) is 7.63. The van der Waals surface area contributed by atoms with Crippen LogP contribution in [0.1, 0.15) is 18.1 Å². The minimum atomic E-state index is -0.783. The van der Waals surface area contributed by atoms with Crippen molar-refractivity contribution in [1.82, 2.24) is 4.57 Å². The third-order valence-electron chi connectivity index (χ3n) is 2.86. The van der Waals surface area contributed by atoms with Crippen molar-refractivity contribution in [2.45, 2.75) is 26.8 Å². The van der Waals surface area contributed by atoms with E-state index >= 15 is 0 Å². The maximum Gasteiger partial charge on any atom is 0.307 e. The Morgan fingerprint density at radius 3 is 2.81 bits per heavy atom. The minimum absolute atomic E-state index is 0.0841. The number of aromatic nitrogens is 1. The SMILES string of the molecule is CCn1cc(C)c2cccc(CC(=O)O)c21. The fraction of sp³-hybridized carbons (Fsp3) is 0.308. The summed E-state index contributed by atoms with van der Waals surface area (Å²) in [4.78, 5) is 10.8. The molecule has 0 spiro atoms. The lowest BCUT2D eigenvalue weighted by Gasteiger charge is -2.05. The standard InChI is InChI=1S/C13H15NO2/c1-3-14-8-9(2)11-6-4-5-10(13(11)14)7-12(15)16/h4-6,8H,3,7H2,1-2H3,(H,15,16). The summed E-state index contributed by atoms with van der Waals surface area (Å²) in [5, 5.41) is 10.0.